The van der Waals surface area contributed by atoms with Gasteiger partial charge in [0.2, 0.25) is 10.0 Å². The molecule has 0 unspecified atom stereocenters. The number of aryl methyl sites for hydroxylation is 1. The molecule has 1 aliphatic heterocycles. The van der Waals surface area contributed by atoms with Gasteiger partial charge in [0.1, 0.15) is 0 Å². The van der Waals surface area contributed by atoms with E-state index >= 15 is 0 Å². The Morgan fingerprint density at radius 2 is 2.00 bits per heavy atom. The summed E-state index contributed by atoms with van der Waals surface area (Å²) >= 11 is 0. The maximum Gasteiger partial charge on any atom is 0.490 e. The summed E-state index contributed by atoms with van der Waals surface area (Å²) in [5, 5.41) is 11.7. The smallest absolute Gasteiger partial charge is 0.475 e. The lowest BCUT2D eigenvalue weighted by Crippen LogP contribution is -2.32. The Kier molecular flexibility index (Phi) is 7.01. The molecule has 0 atom stereocenters. The molecule has 160 valence electrons. The van der Waals surface area contributed by atoms with Gasteiger partial charge in [-0.25, -0.2) is 13.2 Å². The number of carboxylic acids is 1. The number of alkyl halides is 3. The molecule has 0 saturated heterocycles. The lowest BCUT2D eigenvalue weighted by atomic mass is 10.0. The molecule has 1 aliphatic rings. The molecule has 2 aromatic rings. The van der Waals surface area contributed by atoms with E-state index in [0.29, 0.717) is 13.1 Å². The molecule has 0 fully saturated rings. The average molecular weight is 434 g/mol. The summed E-state index contributed by atoms with van der Waals surface area (Å²) in [4.78, 5) is 13.1. The topological polar surface area (TPSA) is 105 Å². The number of nitrogens with zero attached hydrogens (tertiary/aromatic N) is 4. The zero-order valence-electron chi connectivity index (χ0n) is 15.8. The van der Waals surface area contributed by atoms with Gasteiger partial charge in [-0.3, -0.25) is 9.67 Å². The van der Waals surface area contributed by atoms with Gasteiger partial charge >= 0.3 is 12.1 Å². The fourth-order valence-electron chi connectivity index (χ4n) is 2.90. The van der Waals surface area contributed by atoms with Gasteiger partial charge in [-0.05, 0) is 31.9 Å². The van der Waals surface area contributed by atoms with Crippen molar-refractivity contribution in [2.45, 2.75) is 32.5 Å². The molecule has 3 rings (SSSR count). The van der Waals surface area contributed by atoms with Crippen LogP contribution in [0.25, 0.3) is 11.3 Å². The van der Waals surface area contributed by atoms with E-state index in [1.54, 1.807) is 28.3 Å². The van der Waals surface area contributed by atoms with E-state index in [-0.39, 0.29) is 5.75 Å². The van der Waals surface area contributed by atoms with Gasteiger partial charge < -0.3 is 5.11 Å². The van der Waals surface area contributed by atoms with E-state index in [0.717, 1.165) is 35.4 Å². The normalized spacial score (nSPS) is 15.1. The van der Waals surface area contributed by atoms with Gasteiger partial charge in [0.25, 0.3) is 0 Å². The number of carboxylic acid groups (broad SMARTS) is 1. The van der Waals surface area contributed by atoms with Crippen LogP contribution in [-0.4, -0.2) is 57.0 Å². The number of pyridine rings is 1. The third-order valence-electron chi connectivity index (χ3n) is 4.37. The standard InChI is InChI=1S/C15H20N4O2S.C2HF3O2/c1-3-22(20,21)19-9-5-7-13-14(11-19)18(2)17-15(13)12-6-4-8-16-10-12;3-2(4,5)1(6)7/h4,6,8,10H,3,5,7,9,11H2,1-2H3;(H,6,7). The fraction of sp³-hybridized carbons (Fsp3) is 0.471. The second-order valence-corrected chi connectivity index (χ2v) is 8.54. The zero-order valence-corrected chi connectivity index (χ0v) is 16.7. The van der Waals surface area contributed by atoms with Crippen LogP contribution in [0.1, 0.15) is 24.6 Å². The SMILES string of the molecule is CCS(=O)(=O)N1CCCc2c(-c3cccnc3)nn(C)c2C1.O=C(O)C(F)(F)F. The Balaban J connectivity index is 0.000000370. The molecule has 12 heteroatoms. The Labute approximate surface area is 166 Å². The van der Waals surface area contributed by atoms with E-state index in [9.17, 15) is 21.6 Å². The third-order valence-corrected chi connectivity index (χ3v) is 6.20. The maximum atomic E-state index is 12.2. The van der Waals surface area contributed by atoms with Gasteiger partial charge in [0.15, 0.2) is 0 Å². The van der Waals surface area contributed by atoms with Crippen LogP contribution < -0.4 is 0 Å². The zero-order chi connectivity index (χ0) is 21.8. The molecule has 0 saturated carbocycles. The van der Waals surface area contributed by atoms with Crippen molar-refractivity contribution in [1.82, 2.24) is 19.1 Å². The Hall–Kier alpha value is -2.47. The van der Waals surface area contributed by atoms with Gasteiger partial charge in [0, 0.05) is 37.1 Å². The number of rotatable bonds is 3. The van der Waals surface area contributed by atoms with Crippen LogP contribution in [0.2, 0.25) is 0 Å². The Bertz CT molecular complexity index is 959. The number of aromatic nitrogens is 3. The minimum absolute atomic E-state index is 0.135. The molecule has 29 heavy (non-hydrogen) atoms. The Morgan fingerprint density at radius 3 is 2.52 bits per heavy atom. The first-order chi connectivity index (χ1) is 13.5. The van der Waals surface area contributed by atoms with Crippen LogP contribution in [-0.2, 0) is 34.8 Å². The quantitative estimate of drug-likeness (QED) is 0.794. The molecule has 1 N–H and O–H groups in total. The average Bonchev–Trinajstić information content (AvgIpc) is 2.83. The number of halogens is 3. The fourth-order valence-corrected chi connectivity index (χ4v) is 3.99. The lowest BCUT2D eigenvalue weighted by Gasteiger charge is -2.19. The molecular formula is C17H21F3N4O4S. The number of sulfonamides is 1. The predicted octanol–water partition coefficient (Wildman–Crippen LogP) is 2.21. The van der Waals surface area contributed by atoms with Crippen molar-refractivity contribution in [2.75, 3.05) is 12.3 Å². The largest absolute Gasteiger partial charge is 0.490 e. The van der Waals surface area contributed by atoms with Crippen LogP contribution >= 0.6 is 0 Å². The predicted molar refractivity (Wildman–Crippen MR) is 98.3 cm³/mol. The molecule has 2 aromatic heterocycles. The van der Waals surface area contributed by atoms with E-state index < -0.39 is 22.2 Å². The summed E-state index contributed by atoms with van der Waals surface area (Å²) in [5.74, 6) is -2.62. The summed E-state index contributed by atoms with van der Waals surface area (Å²) < 4.78 is 59.5. The molecule has 8 nitrogen and oxygen atoms in total. The third kappa shape index (κ3) is 5.54. The summed E-state index contributed by atoms with van der Waals surface area (Å²) in [6.07, 6.45) is 0.100. The van der Waals surface area contributed by atoms with Gasteiger partial charge in [0.05, 0.1) is 23.7 Å². The first-order valence-electron chi connectivity index (χ1n) is 8.70. The van der Waals surface area contributed by atoms with Crippen molar-refractivity contribution in [2.24, 2.45) is 7.05 Å². The number of hydrogen-bond donors (Lipinski definition) is 1. The molecule has 3 heterocycles. The van der Waals surface area contributed by atoms with Crippen LogP contribution in [0.5, 0.6) is 0 Å². The highest BCUT2D eigenvalue weighted by atomic mass is 32.2. The lowest BCUT2D eigenvalue weighted by molar-refractivity contribution is -0.192. The van der Waals surface area contributed by atoms with E-state index in [2.05, 4.69) is 10.1 Å². The number of carbonyl (C=O) groups is 1. The van der Waals surface area contributed by atoms with Crippen molar-refractivity contribution < 1.29 is 31.5 Å². The number of hydrogen-bond acceptors (Lipinski definition) is 5. The highest BCUT2D eigenvalue weighted by Crippen LogP contribution is 2.29. The molecule has 0 radical (unpaired) electrons. The molecule has 0 aromatic carbocycles. The Morgan fingerprint density at radius 1 is 1.34 bits per heavy atom. The van der Waals surface area contributed by atoms with E-state index in [1.165, 1.54) is 0 Å². The van der Waals surface area contributed by atoms with E-state index in [1.807, 2.05) is 19.2 Å². The van der Waals surface area contributed by atoms with Crippen LogP contribution in [0.3, 0.4) is 0 Å². The van der Waals surface area contributed by atoms with Gasteiger partial charge in [-0.1, -0.05) is 0 Å². The molecule has 0 spiro atoms. The monoisotopic (exact) mass is 434 g/mol. The van der Waals surface area contributed by atoms with Crippen LogP contribution in [0, 0.1) is 0 Å². The molecule has 0 bridgehead atoms. The minimum atomic E-state index is -5.08. The highest BCUT2D eigenvalue weighted by Gasteiger charge is 2.38. The van der Waals surface area contributed by atoms with Crippen molar-refractivity contribution in [1.29, 1.82) is 0 Å². The summed E-state index contributed by atoms with van der Waals surface area (Å²) in [7, 11) is -1.30. The number of aliphatic carboxylic acids is 1. The van der Waals surface area contributed by atoms with Crippen LogP contribution in [0.15, 0.2) is 24.5 Å². The van der Waals surface area contributed by atoms with Gasteiger partial charge in [-0.2, -0.15) is 22.6 Å². The molecule has 0 amide bonds. The first kappa shape index (κ1) is 22.8. The number of fused-ring (bicyclic) bond motifs is 1. The molecular weight excluding hydrogens is 413 g/mol. The summed E-state index contributed by atoms with van der Waals surface area (Å²) in [6.45, 7) is 2.65. The van der Waals surface area contributed by atoms with Crippen molar-refractivity contribution in [3.05, 3.63) is 35.8 Å². The van der Waals surface area contributed by atoms with Crippen LogP contribution in [0.4, 0.5) is 13.2 Å². The second-order valence-electron chi connectivity index (χ2n) is 6.28. The summed E-state index contributed by atoms with van der Waals surface area (Å²) in [6, 6.07) is 3.88. The van der Waals surface area contributed by atoms with Crippen molar-refractivity contribution in [3.63, 3.8) is 0 Å². The maximum absolute atomic E-state index is 12.2. The minimum Gasteiger partial charge on any atom is -0.475 e. The second kappa shape index (κ2) is 8.91. The highest BCUT2D eigenvalue weighted by molar-refractivity contribution is 7.89. The summed E-state index contributed by atoms with van der Waals surface area (Å²) in [5.41, 5.74) is 4.02. The molecule has 0 aliphatic carbocycles. The van der Waals surface area contributed by atoms with E-state index in [4.69, 9.17) is 9.90 Å². The van der Waals surface area contributed by atoms with Crippen molar-refractivity contribution in [3.8, 4) is 11.3 Å². The first-order valence-corrected chi connectivity index (χ1v) is 10.3. The van der Waals surface area contributed by atoms with Gasteiger partial charge in [-0.15, -0.1) is 0 Å². The van der Waals surface area contributed by atoms with Crippen molar-refractivity contribution >= 4 is 16.0 Å².